The molecule has 0 spiro atoms. The Labute approximate surface area is 235 Å². The molecule has 1 aromatic carbocycles. The van der Waals surface area contributed by atoms with E-state index >= 15 is 0 Å². The molecular weight excluding hydrogens is 600 g/mol. The van der Waals surface area contributed by atoms with Gasteiger partial charge in [0.2, 0.25) is 0 Å². The van der Waals surface area contributed by atoms with Gasteiger partial charge in [0.15, 0.2) is 6.23 Å². The van der Waals surface area contributed by atoms with Crippen molar-refractivity contribution in [2.45, 2.75) is 49.7 Å². The number of benzene rings is 1. The summed E-state index contributed by atoms with van der Waals surface area (Å²) in [5.74, 6) is -2.48. The van der Waals surface area contributed by atoms with Gasteiger partial charge in [-0.05, 0) is 30.7 Å². The number of aromatic nitrogens is 3. The van der Waals surface area contributed by atoms with Crippen LogP contribution in [0, 0.1) is 0 Å². The normalized spacial score (nSPS) is 30.1. The third-order valence-electron chi connectivity index (χ3n) is 6.29. The van der Waals surface area contributed by atoms with Crippen molar-refractivity contribution in [1.29, 1.82) is 0 Å². The average molecular weight is 625 g/mol. The maximum Gasteiger partial charge on any atom is 0.490 e. The predicted octanol–water partition coefficient (Wildman–Crippen LogP) is 3.61. The summed E-state index contributed by atoms with van der Waals surface area (Å²) in [7, 11) is -3.96. The summed E-state index contributed by atoms with van der Waals surface area (Å²) >= 11 is 6.05. The van der Waals surface area contributed by atoms with Gasteiger partial charge >= 0.3 is 20.0 Å². The highest BCUT2D eigenvalue weighted by Gasteiger charge is 2.54. The van der Waals surface area contributed by atoms with E-state index in [1.807, 2.05) is 6.07 Å². The number of nitrogen functional groups attached to an aromatic ring is 1. The summed E-state index contributed by atoms with van der Waals surface area (Å²) in [6.45, 7) is 1.24. The summed E-state index contributed by atoms with van der Waals surface area (Å²) in [4.78, 5) is 17.1. The second-order valence-corrected chi connectivity index (χ2v) is 11.3. The van der Waals surface area contributed by atoms with Crippen molar-refractivity contribution >= 4 is 42.2 Å². The molecule has 0 saturated carbocycles. The number of phosphoric acid groups is 1. The number of halogens is 4. The first-order valence-corrected chi connectivity index (χ1v) is 13.7. The number of nitrogens with zero attached hydrogens (tertiary/aromatic N) is 3. The maximum atomic E-state index is 13.1. The Morgan fingerprint density at radius 1 is 1.34 bits per heavy atom. The quantitative estimate of drug-likeness (QED) is 0.302. The molecule has 2 fully saturated rings. The Morgan fingerprint density at radius 3 is 2.71 bits per heavy atom. The van der Waals surface area contributed by atoms with E-state index in [1.165, 1.54) is 13.3 Å². The molecular formula is C23H25ClF3N4O9P. The zero-order chi connectivity index (χ0) is 30.2. The van der Waals surface area contributed by atoms with E-state index in [1.54, 1.807) is 35.0 Å². The summed E-state index contributed by atoms with van der Waals surface area (Å²) in [5.41, 5.74) is 5.36. The Kier molecular flexibility index (Phi) is 8.97. The third kappa shape index (κ3) is 6.81. The Balaban J connectivity index is 0.000000493. The SMILES string of the molecule is C[C@@]1(O)[C@H](O)[C@@H](CO[P@@]2(=O)OCC[C@@H](c3cccc(Cl)c3)O2)O[C@H]1n1ccc2c(N)ncnc21.O=C(O)C(F)(F)F. The molecule has 13 nitrogen and oxygen atoms in total. The lowest BCUT2D eigenvalue weighted by Gasteiger charge is -2.30. The largest absolute Gasteiger partial charge is 0.490 e. The van der Waals surface area contributed by atoms with Crippen LogP contribution in [-0.2, 0) is 27.7 Å². The molecule has 0 unspecified atom stereocenters. The number of nitrogens with two attached hydrogens (primary N) is 1. The van der Waals surface area contributed by atoms with E-state index in [0.717, 1.165) is 5.56 Å². The number of carboxylic acid groups (broad SMARTS) is 1. The van der Waals surface area contributed by atoms with Crippen LogP contribution in [0.2, 0.25) is 5.02 Å². The van der Waals surface area contributed by atoms with Crippen LogP contribution in [0.4, 0.5) is 19.0 Å². The molecule has 2 aromatic heterocycles. The van der Waals surface area contributed by atoms with Crippen molar-refractivity contribution in [3.63, 3.8) is 0 Å². The zero-order valence-corrected chi connectivity index (χ0v) is 22.8. The fourth-order valence-electron chi connectivity index (χ4n) is 4.23. The number of aliphatic hydroxyl groups is 2. The zero-order valence-electron chi connectivity index (χ0n) is 21.1. The summed E-state index contributed by atoms with van der Waals surface area (Å²) < 4.78 is 68.8. The first kappa shape index (κ1) is 31.1. The number of phosphoric ester groups is 1. The fourth-order valence-corrected chi connectivity index (χ4v) is 5.83. The van der Waals surface area contributed by atoms with Crippen LogP contribution in [0.25, 0.3) is 11.0 Å². The van der Waals surface area contributed by atoms with E-state index in [9.17, 15) is 27.9 Å². The molecule has 2 aliphatic heterocycles. The molecule has 5 rings (SSSR count). The molecule has 0 amide bonds. The highest BCUT2D eigenvalue weighted by Crippen LogP contribution is 2.57. The maximum absolute atomic E-state index is 13.1. The molecule has 224 valence electrons. The van der Waals surface area contributed by atoms with Crippen LogP contribution in [-0.4, -0.2) is 73.0 Å². The van der Waals surface area contributed by atoms with Gasteiger partial charge < -0.3 is 30.4 Å². The number of carbonyl (C=O) groups is 1. The number of hydrogen-bond acceptors (Lipinski definition) is 11. The number of hydrogen-bond donors (Lipinski definition) is 4. The third-order valence-corrected chi connectivity index (χ3v) is 8.00. The number of rotatable bonds is 5. The molecule has 2 aliphatic rings. The molecule has 4 heterocycles. The lowest BCUT2D eigenvalue weighted by atomic mass is 9.96. The summed E-state index contributed by atoms with van der Waals surface area (Å²) in [6, 6.07) is 8.74. The molecule has 0 aliphatic carbocycles. The minimum atomic E-state index is -5.08. The van der Waals surface area contributed by atoms with Crippen molar-refractivity contribution in [3.05, 3.63) is 53.4 Å². The second kappa shape index (κ2) is 11.8. The van der Waals surface area contributed by atoms with E-state index in [-0.39, 0.29) is 19.0 Å². The predicted molar refractivity (Wildman–Crippen MR) is 136 cm³/mol. The average Bonchev–Trinajstić information content (AvgIpc) is 3.42. The number of anilines is 1. The van der Waals surface area contributed by atoms with Crippen molar-refractivity contribution in [2.75, 3.05) is 18.9 Å². The summed E-state index contributed by atoms with van der Waals surface area (Å²) in [5, 5.41) is 30.1. The van der Waals surface area contributed by atoms with Crippen LogP contribution in [0.15, 0.2) is 42.9 Å². The first-order valence-electron chi connectivity index (χ1n) is 11.9. The Bertz CT molecular complexity index is 1460. The van der Waals surface area contributed by atoms with Crippen LogP contribution in [0.5, 0.6) is 0 Å². The van der Waals surface area contributed by atoms with Crippen molar-refractivity contribution in [2.24, 2.45) is 0 Å². The molecule has 0 bridgehead atoms. The van der Waals surface area contributed by atoms with Crippen molar-refractivity contribution < 1.29 is 56.2 Å². The molecule has 18 heteroatoms. The topological polar surface area (TPSA) is 188 Å². The van der Waals surface area contributed by atoms with E-state index in [0.29, 0.717) is 22.5 Å². The van der Waals surface area contributed by atoms with E-state index in [2.05, 4.69) is 9.97 Å². The monoisotopic (exact) mass is 624 g/mol. The lowest BCUT2D eigenvalue weighted by molar-refractivity contribution is -0.192. The van der Waals surface area contributed by atoms with E-state index < -0.39 is 50.1 Å². The van der Waals surface area contributed by atoms with Gasteiger partial charge in [-0.15, -0.1) is 0 Å². The van der Waals surface area contributed by atoms with Crippen LogP contribution in [0.1, 0.15) is 31.2 Å². The highest BCUT2D eigenvalue weighted by atomic mass is 35.5. The number of ether oxygens (including phenoxy) is 1. The molecule has 2 saturated heterocycles. The molecule has 6 atom stereocenters. The van der Waals surface area contributed by atoms with Gasteiger partial charge in [0.1, 0.15) is 35.6 Å². The minimum absolute atomic E-state index is 0.152. The van der Waals surface area contributed by atoms with Gasteiger partial charge in [0, 0.05) is 17.6 Å². The second-order valence-electron chi connectivity index (χ2n) is 9.23. The molecule has 5 N–H and O–H groups in total. The van der Waals surface area contributed by atoms with Crippen molar-refractivity contribution in [3.8, 4) is 0 Å². The van der Waals surface area contributed by atoms with Gasteiger partial charge in [-0.3, -0.25) is 13.6 Å². The smallest absolute Gasteiger partial charge is 0.475 e. The van der Waals surface area contributed by atoms with E-state index in [4.69, 9.17) is 45.5 Å². The van der Waals surface area contributed by atoms with Gasteiger partial charge in [0.25, 0.3) is 0 Å². The van der Waals surface area contributed by atoms with Gasteiger partial charge in [0.05, 0.1) is 24.7 Å². The van der Waals surface area contributed by atoms with Gasteiger partial charge in [-0.1, -0.05) is 23.7 Å². The standard InChI is InChI=1S/C21H24ClN4O7P.C2HF3O2/c1-21(28)17(27)16(32-20(21)26-7-5-14-18(23)24-11-25-19(14)26)10-31-34(29)30-8-6-15(33-34)12-3-2-4-13(22)9-12;3-2(4,5)1(6)7/h2-5,7,9,11,15-17,20,27-28H,6,8,10H2,1H3,(H2,23,24,25);(H,6,7)/t15-,16+,17+,20+,21+,34+;/m0./s1. The van der Waals surface area contributed by atoms with Crippen LogP contribution in [0.3, 0.4) is 0 Å². The van der Waals surface area contributed by atoms with Gasteiger partial charge in [-0.2, -0.15) is 13.2 Å². The fraction of sp³-hybridized carbons (Fsp3) is 0.435. The number of alkyl halides is 3. The summed E-state index contributed by atoms with van der Waals surface area (Å²) in [6.07, 6.45) is -5.62. The number of aliphatic carboxylic acids is 1. The number of carboxylic acids is 1. The molecule has 41 heavy (non-hydrogen) atoms. The van der Waals surface area contributed by atoms with Gasteiger partial charge in [-0.25, -0.2) is 19.3 Å². The molecule has 0 radical (unpaired) electrons. The first-order chi connectivity index (χ1) is 19.1. The van der Waals surface area contributed by atoms with Crippen LogP contribution >= 0.6 is 19.4 Å². The van der Waals surface area contributed by atoms with Crippen molar-refractivity contribution in [1.82, 2.24) is 14.5 Å². The minimum Gasteiger partial charge on any atom is -0.475 e. The Morgan fingerprint density at radius 2 is 2.05 bits per heavy atom. The van der Waals surface area contributed by atoms with Crippen LogP contribution < -0.4 is 5.73 Å². The lowest BCUT2D eigenvalue weighted by Crippen LogP contribution is -2.44. The number of aliphatic hydroxyl groups excluding tert-OH is 1. The molecule has 3 aromatic rings. The highest BCUT2D eigenvalue weighted by molar-refractivity contribution is 7.48. The Hall–Kier alpha value is -2.82. The number of fused-ring (bicyclic) bond motifs is 1.